The van der Waals surface area contributed by atoms with Crippen LogP contribution >= 0.6 is 0 Å². The summed E-state index contributed by atoms with van der Waals surface area (Å²) in [4.78, 5) is 40.8. The molecule has 0 radical (unpaired) electrons. The van der Waals surface area contributed by atoms with E-state index in [1.54, 1.807) is 26.0 Å². The zero-order valence-electron chi connectivity index (χ0n) is 25.3. The Morgan fingerprint density at radius 3 is 2.17 bits per heavy atom. The minimum Gasteiger partial charge on any atom is -0.338 e. The number of aromatic nitrogens is 2. The summed E-state index contributed by atoms with van der Waals surface area (Å²) in [7, 11) is 0. The molecule has 1 aromatic carbocycles. The number of hydrogen-bond donors (Lipinski definition) is 2. The number of rotatable bonds is 6. The molecule has 2 saturated heterocycles. The molecular formula is C30H42F3N7O2. The summed E-state index contributed by atoms with van der Waals surface area (Å²) in [6, 6.07) is 5.33. The van der Waals surface area contributed by atoms with E-state index in [4.69, 9.17) is 0 Å². The molecule has 0 aliphatic carbocycles. The number of urea groups is 1. The van der Waals surface area contributed by atoms with Crippen LogP contribution in [0.3, 0.4) is 0 Å². The fourth-order valence-corrected chi connectivity index (χ4v) is 6.23. The van der Waals surface area contributed by atoms with Gasteiger partial charge in [-0.1, -0.05) is 12.1 Å². The van der Waals surface area contributed by atoms with E-state index in [1.807, 2.05) is 11.8 Å². The van der Waals surface area contributed by atoms with Gasteiger partial charge in [-0.3, -0.25) is 19.9 Å². The topological polar surface area (TPSA) is 93.7 Å². The number of aryl methyl sites for hydroxylation is 2. The SMILES string of the molecule is CCNC(=O)Nc1nc(C)c(C(=O)N2CCC(C)(N3CCN(C(C)c4ccc(C(F)(F)F)cc4)[C@@H](C)C3)CC2)c(C)n1. The van der Waals surface area contributed by atoms with Crippen molar-refractivity contribution in [3.8, 4) is 0 Å². The lowest BCUT2D eigenvalue weighted by Gasteiger charge is -2.52. The maximum atomic E-state index is 13.5. The van der Waals surface area contributed by atoms with Crippen LogP contribution in [0.2, 0.25) is 0 Å². The molecule has 0 bridgehead atoms. The Hall–Kier alpha value is -3.25. The van der Waals surface area contributed by atoms with Crippen molar-refractivity contribution < 1.29 is 22.8 Å². The lowest BCUT2D eigenvalue weighted by Crippen LogP contribution is -2.62. The summed E-state index contributed by atoms with van der Waals surface area (Å²) in [5, 5.41) is 5.24. The van der Waals surface area contributed by atoms with Crippen molar-refractivity contribution in [3.63, 3.8) is 0 Å². The third-order valence-electron chi connectivity index (χ3n) is 8.84. The number of likely N-dealkylation sites (tertiary alicyclic amines) is 1. The minimum absolute atomic E-state index is 0.00743. The number of alkyl halides is 3. The van der Waals surface area contributed by atoms with Crippen LogP contribution in [-0.4, -0.2) is 87.5 Å². The van der Waals surface area contributed by atoms with Gasteiger partial charge >= 0.3 is 12.2 Å². The quantitative estimate of drug-likeness (QED) is 0.492. The maximum absolute atomic E-state index is 13.5. The van der Waals surface area contributed by atoms with Gasteiger partial charge in [0.05, 0.1) is 22.5 Å². The highest BCUT2D eigenvalue weighted by molar-refractivity contribution is 5.96. The van der Waals surface area contributed by atoms with Gasteiger partial charge in [0.2, 0.25) is 5.95 Å². The van der Waals surface area contributed by atoms with Crippen LogP contribution in [0.4, 0.5) is 23.9 Å². The van der Waals surface area contributed by atoms with Crippen LogP contribution < -0.4 is 10.6 Å². The van der Waals surface area contributed by atoms with Gasteiger partial charge in [0.15, 0.2) is 0 Å². The average Bonchev–Trinajstić information content (AvgIpc) is 2.92. The van der Waals surface area contributed by atoms with Crippen molar-refractivity contribution in [2.75, 3.05) is 44.6 Å². The highest BCUT2D eigenvalue weighted by atomic mass is 19.4. The number of carbonyl (C=O) groups is 2. The Bertz CT molecular complexity index is 1250. The Labute approximate surface area is 245 Å². The molecule has 0 spiro atoms. The number of anilines is 1. The number of hydrogen-bond acceptors (Lipinski definition) is 6. The molecule has 3 heterocycles. The van der Waals surface area contributed by atoms with Gasteiger partial charge in [-0.2, -0.15) is 13.2 Å². The van der Waals surface area contributed by atoms with Crippen molar-refractivity contribution >= 4 is 17.9 Å². The second-order valence-corrected chi connectivity index (χ2v) is 11.7. The number of piperazine rings is 1. The maximum Gasteiger partial charge on any atom is 0.416 e. The summed E-state index contributed by atoms with van der Waals surface area (Å²) in [6.45, 7) is 16.0. The van der Waals surface area contributed by atoms with Crippen LogP contribution in [0.1, 0.15) is 79.5 Å². The van der Waals surface area contributed by atoms with Crippen LogP contribution in [0.25, 0.3) is 0 Å². The molecule has 2 aliphatic heterocycles. The molecule has 2 aliphatic rings. The summed E-state index contributed by atoms with van der Waals surface area (Å²) in [6.07, 6.45) is -2.68. The van der Waals surface area contributed by atoms with Crippen molar-refractivity contribution in [3.05, 3.63) is 52.3 Å². The third-order valence-corrected chi connectivity index (χ3v) is 8.84. The third kappa shape index (κ3) is 6.86. The Morgan fingerprint density at radius 1 is 1.05 bits per heavy atom. The normalized spacial score (nSPS) is 20.7. The van der Waals surface area contributed by atoms with E-state index in [-0.39, 0.29) is 29.5 Å². The lowest BCUT2D eigenvalue weighted by atomic mass is 9.86. The highest BCUT2D eigenvalue weighted by Crippen LogP contribution is 2.35. The average molecular weight is 590 g/mol. The first-order valence-corrected chi connectivity index (χ1v) is 14.6. The second kappa shape index (κ2) is 12.5. The smallest absolute Gasteiger partial charge is 0.338 e. The molecule has 2 N–H and O–H groups in total. The first-order chi connectivity index (χ1) is 19.7. The Kier molecular flexibility index (Phi) is 9.46. The summed E-state index contributed by atoms with van der Waals surface area (Å²) >= 11 is 0. The molecule has 0 saturated carbocycles. The van der Waals surface area contributed by atoms with E-state index in [0.29, 0.717) is 36.6 Å². The molecule has 12 heteroatoms. The number of nitrogens with zero attached hydrogens (tertiary/aromatic N) is 5. The van der Waals surface area contributed by atoms with E-state index in [0.717, 1.165) is 50.2 Å². The molecule has 1 unspecified atom stereocenters. The fraction of sp³-hybridized carbons (Fsp3) is 0.600. The van der Waals surface area contributed by atoms with Gasteiger partial charge in [-0.15, -0.1) is 0 Å². The number of benzene rings is 1. The van der Waals surface area contributed by atoms with Gasteiger partial charge in [0.25, 0.3) is 5.91 Å². The van der Waals surface area contributed by atoms with Crippen molar-refractivity contribution in [1.82, 2.24) is 30.0 Å². The highest BCUT2D eigenvalue weighted by Gasteiger charge is 2.41. The van der Waals surface area contributed by atoms with E-state index in [2.05, 4.69) is 51.2 Å². The Morgan fingerprint density at radius 2 is 1.64 bits per heavy atom. The molecule has 9 nitrogen and oxygen atoms in total. The molecule has 3 amide bonds. The largest absolute Gasteiger partial charge is 0.416 e. The van der Waals surface area contributed by atoms with Gasteiger partial charge in [0, 0.05) is 56.9 Å². The summed E-state index contributed by atoms with van der Waals surface area (Å²) < 4.78 is 39.0. The molecule has 1 aromatic heterocycles. The minimum atomic E-state index is -4.34. The zero-order valence-corrected chi connectivity index (χ0v) is 25.3. The fourth-order valence-electron chi connectivity index (χ4n) is 6.23. The lowest BCUT2D eigenvalue weighted by molar-refractivity contribution is -0.137. The van der Waals surface area contributed by atoms with Crippen LogP contribution in [-0.2, 0) is 6.18 Å². The van der Waals surface area contributed by atoms with E-state index in [9.17, 15) is 22.8 Å². The predicted octanol–water partition coefficient (Wildman–Crippen LogP) is 5.02. The molecule has 42 heavy (non-hydrogen) atoms. The summed E-state index contributed by atoms with van der Waals surface area (Å²) in [5.41, 5.74) is 1.72. The first kappa shape index (κ1) is 31.7. The number of carbonyl (C=O) groups excluding carboxylic acids is 2. The van der Waals surface area contributed by atoms with Crippen LogP contribution in [0.5, 0.6) is 0 Å². The van der Waals surface area contributed by atoms with Crippen LogP contribution in [0, 0.1) is 13.8 Å². The zero-order chi connectivity index (χ0) is 30.8. The van der Waals surface area contributed by atoms with Crippen LogP contribution in [0.15, 0.2) is 24.3 Å². The number of halogens is 3. The Balaban J connectivity index is 1.35. The number of piperidine rings is 1. The molecule has 230 valence electrons. The van der Waals surface area contributed by atoms with Crippen molar-refractivity contribution in [1.29, 1.82) is 0 Å². The molecule has 4 rings (SSSR count). The van der Waals surface area contributed by atoms with Gasteiger partial charge in [0.1, 0.15) is 0 Å². The number of nitrogens with one attached hydrogen (secondary N) is 2. The van der Waals surface area contributed by atoms with Gasteiger partial charge in [-0.25, -0.2) is 14.8 Å². The van der Waals surface area contributed by atoms with Crippen molar-refractivity contribution in [2.45, 2.75) is 78.2 Å². The van der Waals surface area contributed by atoms with E-state index < -0.39 is 17.8 Å². The van der Waals surface area contributed by atoms with Gasteiger partial charge < -0.3 is 10.2 Å². The molecule has 2 aromatic rings. The number of amides is 3. The molecule has 2 fully saturated rings. The molecular weight excluding hydrogens is 547 g/mol. The summed E-state index contributed by atoms with van der Waals surface area (Å²) in [5.74, 6) is 0.0692. The monoisotopic (exact) mass is 589 g/mol. The first-order valence-electron chi connectivity index (χ1n) is 14.6. The van der Waals surface area contributed by atoms with Gasteiger partial charge in [-0.05, 0) is 72.1 Å². The predicted molar refractivity (Wildman–Crippen MR) is 155 cm³/mol. The van der Waals surface area contributed by atoms with E-state index >= 15 is 0 Å². The standard InChI is InChI=1S/C30H42F3N7O2/c1-7-34-28(42)37-27-35-20(3)25(21(4)36-27)26(41)38-14-12-29(6,13-15-38)39-16-17-40(19(2)18-39)22(5)23-8-10-24(11-9-23)30(31,32)33/h8-11,19,22H,7,12-18H2,1-6H3,(H2,34,35,36,37,42)/t19-,22?/m0/s1. The van der Waals surface area contributed by atoms with Crippen molar-refractivity contribution in [2.24, 2.45) is 0 Å². The molecule has 2 atom stereocenters. The second-order valence-electron chi connectivity index (χ2n) is 11.7. The van der Waals surface area contributed by atoms with E-state index in [1.165, 1.54) is 0 Å².